The van der Waals surface area contributed by atoms with Gasteiger partial charge in [-0.15, -0.1) is 11.3 Å². The molecule has 1 aliphatic heterocycles. The van der Waals surface area contributed by atoms with Gasteiger partial charge in [0, 0.05) is 55.9 Å². The highest BCUT2D eigenvalue weighted by atomic mass is 32.1. The number of nitrogens with zero attached hydrogens (tertiary/aromatic N) is 5. The van der Waals surface area contributed by atoms with E-state index >= 15 is 0 Å². The van der Waals surface area contributed by atoms with Gasteiger partial charge in [-0.2, -0.15) is 4.98 Å². The molecule has 0 aliphatic carbocycles. The number of hydrogen-bond acceptors (Lipinski definition) is 11. The number of nitrogens with one attached hydrogen (secondary N) is 3. The molecule has 6 rings (SSSR count). The van der Waals surface area contributed by atoms with E-state index in [2.05, 4.69) is 47.7 Å². The Morgan fingerprint density at radius 1 is 1.05 bits per heavy atom. The number of benzene rings is 2. The van der Waals surface area contributed by atoms with E-state index in [0.29, 0.717) is 35.0 Å². The number of hydrogen-bond donors (Lipinski definition) is 3. The number of aromatic nitrogens is 3. The quantitative estimate of drug-likeness (QED) is 0.186. The normalized spacial score (nSPS) is 14.2. The second-order valence-corrected chi connectivity index (χ2v) is 10.9. The number of amides is 2. The van der Waals surface area contributed by atoms with Crippen molar-refractivity contribution in [1.82, 2.24) is 24.8 Å². The summed E-state index contributed by atoms with van der Waals surface area (Å²) in [6.07, 6.45) is 2.44. The van der Waals surface area contributed by atoms with Gasteiger partial charge in [-0.3, -0.25) is 10.6 Å². The Morgan fingerprint density at radius 2 is 1.93 bits per heavy atom. The van der Waals surface area contributed by atoms with Crippen molar-refractivity contribution in [2.24, 2.45) is 0 Å². The van der Waals surface area contributed by atoms with E-state index in [1.807, 2.05) is 41.8 Å². The monoisotopic (exact) mass is 588 g/mol. The highest BCUT2D eigenvalue weighted by Crippen LogP contribution is 2.35. The molecule has 0 spiro atoms. The highest BCUT2D eigenvalue weighted by molar-refractivity contribution is 7.14. The Morgan fingerprint density at radius 3 is 2.74 bits per heavy atom. The van der Waals surface area contributed by atoms with Crippen LogP contribution in [0.15, 0.2) is 58.6 Å². The third-order valence-corrected chi connectivity index (χ3v) is 7.81. The van der Waals surface area contributed by atoms with Crippen LogP contribution in [-0.2, 0) is 0 Å². The third-order valence-electron chi connectivity index (χ3n) is 7.02. The fourth-order valence-corrected chi connectivity index (χ4v) is 5.37. The Bertz CT molecular complexity index is 1670. The minimum absolute atomic E-state index is 0.101. The molecule has 2 aromatic carbocycles. The maximum Gasteiger partial charge on any atom is 0.327 e. The number of carbonyl (C=O) groups excluding carboxylic acids is 1. The molecule has 0 bridgehead atoms. The summed E-state index contributed by atoms with van der Waals surface area (Å²) < 4.78 is 17.5. The Balaban J connectivity index is 1.12. The molecule has 0 atom stereocenters. The molecule has 3 aromatic heterocycles. The Labute approximate surface area is 246 Å². The zero-order chi connectivity index (χ0) is 28.9. The van der Waals surface area contributed by atoms with E-state index in [1.165, 1.54) is 17.7 Å². The highest BCUT2D eigenvalue weighted by Gasteiger charge is 2.16. The van der Waals surface area contributed by atoms with Crippen LogP contribution in [0.25, 0.3) is 22.0 Å². The number of ether oxygens (including phenoxy) is 2. The van der Waals surface area contributed by atoms with Crippen molar-refractivity contribution >= 4 is 61.9 Å². The van der Waals surface area contributed by atoms with Gasteiger partial charge in [0.05, 0.1) is 24.2 Å². The molecule has 1 fully saturated rings. The number of thiophene rings is 1. The molecule has 2 amide bonds. The standard InChI is InChI=1S/C29H32N8O4S/c1-36-9-11-37(12-10-36)8-4-13-40-25-17-22-20(16-24(25)39-2)27(31-18-30-22)32-19-6-7-21-23(15-19)41-29(33-21)35-28(38)34-26-5-3-14-42-26/h3,5-7,14-18H,4,8-13H2,1-2H3,(H,30,31,32)(H2,33,34,35,38). The van der Waals surface area contributed by atoms with Gasteiger partial charge in [0.1, 0.15) is 17.7 Å². The van der Waals surface area contributed by atoms with Crippen molar-refractivity contribution in [3.63, 3.8) is 0 Å². The first-order valence-corrected chi connectivity index (χ1v) is 14.6. The number of fused-ring (bicyclic) bond motifs is 2. The maximum atomic E-state index is 12.3. The molecule has 42 heavy (non-hydrogen) atoms. The lowest BCUT2D eigenvalue weighted by Crippen LogP contribution is -2.44. The lowest BCUT2D eigenvalue weighted by molar-refractivity contribution is 0.145. The minimum atomic E-state index is -0.429. The first-order chi connectivity index (χ1) is 20.5. The minimum Gasteiger partial charge on any atom is -0.493 e. The molecule has 3 N–H and O–H groups in total. The molecule has 0 radical (unpaired) electrons. The lowest BCUT2D eigenvalue weighted by Gasteiger charge is -2.32. The second-order valence-electron chi connectivity index (χ2n) is 9.97. The van der Waals surface area contributed by atoms with Crippen LogP contribution in [0, 0.1) is 0 Å². The van der Waals surface area contributed by atoms with Crippen LogP contribution in [0.3, 0.4) is 0 Å². The average molecular weight is 589 g/mol. The van der Waals surface area contributed by atoms with E-state index < -0.39 is 6.03 Å². The smallest absolute Gasteiger partial charge is 0.327 e. The van der Waals surface area contributed by atoms with Gasteiger partial charge >= 0.3 is 12.0 Å². The van der Waals surface area contributed by atoms with Crippen LogP contribution in [0.5, 0.6) is 11.5 Å². The van der Waals surface area contributed by atoms with Crippen LogP contribution < -0.4 is 25.4 Å². The summed E-state index contributed by atoms with van der Waals surface area (Å²) in [6, 6.07) is 12.6. The molecule has 0 unspecified atom stereocenters. The number of methoxy groups -OCH3 is 1. The van der Waals surface area contributed by atoms with Gasteiger partial charge in [-0.25, -0.2) is 14.8 Å². The van der Waals surface area contributed by atoms with Gasteiger partial charge in [0.15, 0.2) is 17.1 Å². The van der Waals surface area contributed by atoms with Gasteiger partial charge < -0.3 is 29.0 Å². The van der Waals surface area contributed by atoms with Crippen molar-refractivity contribution in [1.29, 1.82) is 0 Å². The van der Waals surface area contributed by atoms with E-state index in [4.69, 9.17) is 13.9 Å². The number of rotatable bonds is 10. The van der Waals surface area contributed by atoms with Gasteiger partial charge in [0.25, 0.3) is 0 Å². The van der Waals surface area contributed by atoms with E-state index in [1.54, 1.807) is 13.2 Å². The lowest BCUT2D eigenvalue weighted by atomic mass is 10.2. The molecular formula is C29H32N8O4S. The van der Waals surface area contributed by atoms with E-state index in [0.717, 1.165) is 60.7 Å². The average Bonchev–Trinajstić information content (AvgIpc) is 3.65. The first kappa shape index (κ1) is 27.7. The number of anilines is 4. The fourth-order valence-electron chi connectivity index (χ4n) is 4.76. The van der Waals surface area contributed by atoms with Crippen molar-refractivity contribution in [3.8, 4) is 11.5 Å². The van der Waals surface area contributed by atoms with Crippen molar-refractivity contribution in [2.45, 2.75) is 6.42 Å². The predicted molar refractivity (Wildman–Crippen MR) is 164 cm³/mol. The number of oxazole rings is 1. The molecular weight excluding hydrogens is 556 g/mol. The van der Waals surface area contributed by atoms with Crippen molar-refractivity contribution < 1.29 is 18.7 Å². The third kappa shape index (κ3) is 6.54. The number of piperazine rings is 1. The van der Waals surface area contributed by atoms with Gasteiger partial charge in [-0.1, -0.05) is 0 Å². The number of likely N-dealkylation sites (N-methyl/N-ethyl adjacent to an activating group) is 1. The molecule has 4 heterocycles. The molecule has 5 aromatic rings. The van der Waals surface area contributed by atoms with Crippen LogP contribution >= 0.6 is 11.3 Å². The zero-order valence-electron chi connectivity index (χ0n) is 23.4. The second kappa shape index (κ2) is 12.6. The number of urea groups is 1. The topological polar surface area (TPSA) is 130 Å². The molecule has 0 saturated carbocycles. The molecule has 1 aliphatic rings. The van der Waals surface area contributed by atoms with E-state index in [-0.39, 0.29) is 6.01 Å². The van der Waals surface area contributed by atoms with E-state index in [9.17, 15) is 4.79 Å². The summed E-state index contributed by atoms with van der Waals surface area (Å²) in [5.74, 6) is 1.87. The summed E-state index contributed by atoms with van der Waals surface area (Å²) in [5.41, 5.74) is 2.58. The largest absolute Gasteiger partial charge is 0.493 e. The first-order valence-electron chi connectivity index (χ1n) is 13.7. The zero-order valence-corrected chi connectivity index (χ0v) is 24.2. The predicted octanol–water partition coefficient (Wildman–Crippen LogP) is 5.25. The summed E-state index contributed by atoms with van der Waals surface area (Å²) >= 11 is 1.42. The van der Waals surface area contributed by atoms with Crippen molar-refractivity contribution in [2.75, 3.05) is 69.4 Å². The summed E-state index contributed by atoms with van der Waals surface area (Å²) in [6.45, 7) is 6.00. The molecule has 13 heteroatoms. The summed E-state index contributed by atoms with van der Waals surface area (Å²) in [5, 5.41) is 12.1. The van der Waals surface area contributed by atoms with Gasteiger partial charge in [0.2, 0.25) is 0 Å². The fraction of sp³-hybridized carbons (Fsp3) is 0.310. The van der Waals surface area contributed by atoms with Crippen LogP contribution in [0.1, 0.15) is 6.42 Å². The summed E-state index contributed by atoms with van der Waals surface area (Å²) in [7, 11) is 3.79. The van der Waals surface area contributed by atoms with Crippen LogP contribution in [0.2, 0.25) is 0 Å². The Kier molecular flexibility index (Phi) is 8.30. The Hall–Kier alpha value is -4.46. The molecule has 218 valence electrons. The molecule has 12 nitrogen and oxygen atoms in total. The van der Waals surface area contributed by atoms with Gasteiger partial charge in [-0.05, 0) is 49.2 Å². The van der Waals surface area contributed by atoms with Crippen LogP contribution in [0.4, 0.5) is 27.3 Å². The SMILES string of the molecule is COc1cc2c(Nc3ccc4nc(NC(=O)Nc5cccs5)oc4c3)ncnc2cc1OCCCN1CCN(C)CC1. The number of carbonyl (C=O) groups is 1. The maximum absolute atomic E-state index is 12.3. The van der Waals surface area contributed by atoms with Crippen molar-refractivity contribution in [3.05, 3.63) is 54.2 Å². The van der Waals surface area contributed by atoms with Crippen LogP contribution in [-0.4, -0.2) is 84.3 Å². The molecule has 1 saturated heterocycles. The summed E-state index contributed by atoms with van der Waals surface area (Å²) in [4.78, 5) is 30.4.